The zero-order valence-electron chi connectivity index (χ0n) is 13.1. The van der Waals surface area contributed by atoms with E-state index >= 15 is 0 Å². The van der Waals surface area contributed by atoms with Crippen LogP contribution < -0.4 is 5.32 Å². The molecule has 1 N–H and O–H groups in total. The quantitative estimate of drug-likeness (QED) is 0.441. The Balaban J connectivity index is 3.05. The average Bonchev–Trinajstić information content (AvgIpc) is 2.53. The highest BCUT2D eigenvalue weighted by Gasteiger charge is 2.33. The number of carbonyl (C=O) groups is 1. The minimum atomic E-state index is -4.66. The van der Waals surface area contributed by atoms with Gasteiger partial charge in [-0.1, -0.05) is 23.8 Å². The van der Waals surface area contributed by atoms with Gasteiger partial charge in [0.15, 0.2) is 0 Å². The number of benzene rings is 1. The van der Waals surface area contributed by atoms with Crippen LogP contribution in [0.4, 0.5) is 18.9 Å². The Morgan fingerprint density at radius 3 is 2.40 bits per heavy atom. The summed E-state index contributed by atoms with van der Waals surface area (Å²) in [7, 11) is 0. The van der Waals surface area contributed by atoms with Gasteiger partial charge >= 0.3 is 6.18 Å². The van der Waals surface area contributed by atoms with Crippen molar-refractivity contribution in [3.8, 4) is 6.07 Å². The highest BCUT2D eigenvalue weighted by atomic mass is 35.5. The van der Waals surface area contributed by atoms with Crippen molar-refractivity contribution in [2.75, 3.05) is 18.4 Å². The fourth-order valence-electron chi connectivity index (χ4n) is 1.85. The van der Waals surface area contributed by atoms with Crippen molar-refractivity contribution in [1.82, 2.24) is 4.90 Å². The molecule has 8 heteroatoms. The standard InChI is InChI=1S/C17H15ClF3N3O/c1-3-7-24(8-4-2)11-12(10-22)16(25)23-13-5-6-15(18)14(9-13)17(19,20)21/h3-6,9,11H,1-2,7-8H2,(H,23,25)/b12-11-. The second-order valence-corrected chi connectivity index (χ2v) is 5.24. The van der Waals surface area contributed by atoms with Crippen LogP contribution in [-0.2, 0) is 11.0 Å². The maximum absolute atomic E-state index is 12.8. The van der Waals surface area contributed by atoms with Gasteiger partial charge in [0.2, 0.25) is 0 Å². The molecular weight excluding hydrogens is 355 g/mol. The fourth-order valence-corrected chi connectivity index (χ4v) is 2.08. The first kappa shape index (κ1) is 20.3. The molecule has 1 rings (SSSR count). The summed E-state index contributed by atoms with van der Waals surface area (Å²) in [4.78, 5) is 13.7. The van der Waals surface area contributed by atoms with Crippen LogP contribution in [0.3, 0.4) is 0 Å². The number of amides is 1. The van der Waals surface area contributed by atoms with Gasteiger partial charge in [-0.05, 0) is 18.2 Å². The van der Waals surface area contributed by atoms with Crippen LogP contribution in [0.15, 0.2) is 55.3 Å². The van der Waals surface area contributed by atoms with Crippen LogP contribution in [0.2, 0.25) is 5.02 Å². The van der Waals surface area contributed by atoms with Crippen LogP contribution >= 0.6 is 11.6 Å². The number of carbonyl (C=O) groups excluding carboxylic acids is 1. The predicted octanol–water partition coefficient (Wildman–Crippen LogP) is 4.38. The Morgan fingerprint density at radius 2 is 1.92 bits per heavy atom. The molecule has 0 spiro atoms. The Hall–Kier alpha value is -2.72. The number of hydrogen-bond acceptors (Lipinski definition) is 3. The lowest BCUT2D eigenvalue weighted by Gasteiger charge is -2.17. The van der Waals surface area contributed by atoms with Gasteiger partial charge in [-0.25, -0.2) is 0 Å². The summed E-state index contributed by atoms with van der Waals surface area (Å²) in [6.07, 6.45) is -0.223. The molecule has 0 aliphatic carbocycles. The molecule has 0 unspecified atom stereocenters. The molecule has 132 valence electrons. The van der Waals surface area contributed by atoms with Gasteiger partial charge in [0, 0.05) is 25.0 Å². The zero-order chi connectivity index (χ0) is 19.0. The Bertz CT molecular complexity index is 726. The summed E-state index contributed by atoms with van der Waals surface area (Å²) in [5.74, 6) is -0.837. The second kappa shape index (κ2) is 8.94. The summed E-state index contributed by atoms with van der Waals surface area (Å²) in [5.41, 5.74) is -1.47. The number of nitrogens with one attached hydrogen (secondary N) is 1. The third kappa shape index (κ3) is 6.01. The van der Waals surface area contributed by atoms with E-state index in [0.717, 1.165) is 6.07 Å². The average molecular weight is 370 g/mol. The number of rotatable bonds is 7. The van der Waals surface area contributed by atoms with Crippen LogP contribution in [0, 0.1) is 11.3 Å². The maximum Gasteiger partial charge on any atom is 0.417 e. The van der Waals surface area contributed by atoms with Crippen molar-refractivity contribution >= 4 is 23.2 Å². The molecule has 25 heavy (non-hydrogen) atoms. The van der Waals surface area contributed by atoms with Gasteiger partial charge < -0.3 is 10.2 Å². The first-order valence-corrected chi connectivity index (χ1v) is 7.36. The first-order chi connectivity index (χ1) is 11.7. The van der Waals surface area contributed by atoms with Crippen LogP contribution in [0.25, 0.3) is 0 Å². The molecule has 4 nitrogen and oxygen atoms in total. The lowest BCUT2D eigenvalue weighted by atomic mass is 10.2. The molecule has 0 saturated carbocycles. The monoisotopic (exact) mass is 369 g/mol. The van der Waals surface area contributed by atoms with Gasteiger partial charge in [0.25, 0.3) is 5.91 Å². The van der Waals surface area contributed by atoms with Gasteiger partial charge in [-0.2, -0.15) is 18.4 Å². The highest BCUT2D eigenvalue weighted by Crippen LogP contribution is 2.36. The number of nitrogens with zero attached hydrogens (tertiary/aromatic N) is 2. The molecule has 0 heterocycles. The maximum atomic E-state index is 12.8. The normalized spacial score (nSPS) is 11.4. The molecule has 1 aromatic carbocycles. The van der Waals surface area contributed by atoms with Gasteiger partial charge in [0.05, 0.1) is 10.6 Å². The first-order valence-electron chi connectivity index (χ1n) is 6.98. The van der Waals surface area contributed by atoms with E-state index in [2.05, 4.69) is 18.5 Å². The third-order valence-electron chi connectivity index (χ3n) is 2.93. The summed E-state index contributed by atoms with van der Waals surface area (Å²) in [6.45, 7) is 7.85. The highest BCUT2D eigenvalue weighted by molar-refractivity contribution is 6.31. The minimum Gasteiger partial charge on any atom is -0.369 e. The zero-order valence-corrected chi connectivity index (χ0v) is 13.9. The molecule has 1 amide bonds. The van der Waals surface area contributed by atoms with Crippen molar-refractivity contribution in [3.05, 3.63) is 65.9 Å². The van der Waals surface area contributed by atoms with Crippen molar-refractivity contribution in [2.45, 2.75) is 6.18 Å². The van der Waals surface area contributed by atoms with Gasteiger partial charge in [0.1, 0.15) is 11.6 Å². The number of alkyl halides is 3. The third-order valence-corrected chi connectivity index (χ3v) is 3.26. The van der Waals surface area contributed by atoms with Crippen LogP contribution in [-0.4, -0.2) is 23.9 Å². The Kier molecular flexibility index (Phi) is 7.27. The summed E-state index contributed by atoms with van der Waals surface area (Å²) in [5, 5.41) is 10.9. The number of hydrogen-bond donors (Lipinski definition) is 1. The molecule has 0 aliphatic heterocycles. The largest absolute Gasteiger partial charge is 0.417 e. The Morgan fingerprint density at radius 1 is 1.32 bits per heavy atom. The SMILES string of the molecule is C=CCN(/C=C(/C#N)C(=O)Nc1ccc(Cl)c(C(F)(F)F)c1)CC=C. The van der Waals surface area contributed by atoms with Crippen LogP contribution in [0.5, 0.6) is 0 Å². The smallest absolute Gasteiger partial charge is 0.369 e. The fraction of sp³-hybridized carbons (Fsp3) is 0.176. The van der Waals surface area contributed by atoms with E-state index in [4.69, 9.17) is 16.9 Å². The van der Waals surface area contributed by atoms with E-state index in [0.29, 0.717) is 19.2 Å². The summed E-state index contributed by atoms with van der Waals surface area (Å²) >= 11 is 5.52. The van der Waals surface area contributed by atoms with E-state index in [9.17, 15) is 18.0 Å². The van der Waals surface area contributed by atoms with Gasteiger partial charge in [-0.3, -0.25) is 4.79 Å². The predicted molar refractivity (Wildman–Crippen MR) is 90.7 cm³/mol. The lowest BCUT2D eigenvalue weighted by molar-refractivity contribution is -0.137. The topological polar surface area (TPSA) is 56.1 Å². The van der Waals surface area contributed by atoms with Gasteiger partial charge in [-0.15, -0.1) is 13.2 Å². The van der Waals surface area contributed by atoms with E-state index in [1.54, 1.807) is 23.1 Å². The Labute approximate surface area is 148 Å². The van der Waals surface area contributed by atoms with Crippen molar-refractivity contribution in [2.24, 2.45) is 0 Å². The second-order valence-electron chi connectivity index (χ2n) is 4.83. The van der Waals surface area contributed by atoms with E-state index in [1.165, 1.54) is 12.3 Å². The summed E-state index contributed by atoms with van der Waals surface area (Å²) < 4.78 is 38.5. The molecule has 0 atom stereocenters. The van der Waals surface area contributed by atoms with E-state index in [1.807, 2.05) is 0 Å². The summed E-state index contributed by atoms with van der Waals surface area (Å²) in [6, 6.07) is 4.67. The molecular formula is C17H15ClF3N3O. The number of anilines is 1. The molecule has 0 aliphatic rings. The van der Waals surface area contributed by atoms with E-state index in [-0.39, 0.29) is 11.3 Å². The number of nitriles is 1. The minimum absolute atomic E-state index is 0.123. The van der Waals surface area contributed by atoms with Crippen molar-refractivity contribution < 1.29 is 18.0 Å². The lowest BCUT2D eigenvalue weighted by Crippen LogP contribution is -2.21. The number of halogens is 4. The van der Waals surface area contributed by atoms with Crippen molar-refractivity contribution in [1.29, 1.82) is 5.26 Å². The van der Waals surface area contributed by atoms with Crippen LogP contribution in [0.1, 0.15) is 5.56 Å². The molecule has 0 fully saturated rings. The molecule has 0 bridgehead atoms. The van der Waals surface area contributed by atoms with Crippen molar-refractivity contribution in [3.63, 3.8) is 0 Å². The molecule has 0 radical (unpaired) electrons. The molecule has 0 saturated heterocycles. The van der Waals surface area contributed by atoms with E-state index < -0.39 is 22.7 Å². The molecule has 0 aromatic heterocycles. The molecule has 1 aromatic rings.